The molecule has 1 aliphatic rings. The molecule has 0 aliphatic carbocycles. The number of halogens is 1. The lowest BCUT2D eigenvalue weighted by molar-refractivity contribution is -0.116. The highest BCUT2D eigenvalue weighted by molar-refractivity contribution is 6.30. The number of amides is 1. The van der Waals surface area contributed by atoms with Crippen LogP contribution in [0.4, 0.5) is 5.69 Å². The quantitative estimate of drug-likeness (QED) is 0.649. The SMILES string of the molecule is Cc1c(C(=O)CCl)cc2c(c1C)NC(=O)C2C. The van der Waals surface area contributed by atoms with Gasteiger partial charge in [-0.3, -0.25) is 9.59 Å². The first kappa shape index (κ1) is 12.1. The third-order valence-corrected chi connectivity index (χ3v) is 3.70. The number of hydrogen-bond acceptors (Lipinski definition) is 2. The van der Waals surface area contributed by atoms with Gasteiger partial charge in [0.05, 0.1) is 11.8 Å². The van der Waals surface area contributed by atoms with E-state index in [-0.39, 0.29) is 23.5 Å². The number of Topliss-reactive ketones (excluding diaryl/α,β-unsaturated/α-hetero) is 1. The average Bonchev–Trinajstić information content (AvgIpc) is 2.60. The molecule has 0 fully saturated rings. The third kappa shape index (κ3) is 1.75. The molecule has 0 spiro atoms. The standard InChI is InChI=1S/C13H14ClNO2/c1-6-7(2)12-10(8(3)13(17)15-12)4-9(6)11(16)5-14/h4,8H,5H2,1-3H3,(H,15,17). The van der Waals surface area contributed by atoms with Gasteiger partial charge in [-0.15, -0.1) is 11.6 Å². The number of ketones is 1. The van der Waals surface area contributed by atoms with Crippen LogP contribution in [0.2, 0.25) is 0 Å². The molecule has 0 saturated heterocycles. The van der Waals surface area contributed by atoms with Gasteiger partial charge in [0.25, 0.3) is 0 Å². The van der Waals surface area contributed by atoms with Crippen LogP contribution in [-0.2, 0) is 4.79 Å². The minimum Gasteiger partial charge on any atom is -0.325 e. The summed E-state index contributed by atoms with van der Waals surface area (Å²) in [4.78, 5) is 23.4. The van der Waals surface area contributed by atoms with Gasteiger partial charge >= 0.3 is 0 Å². The molecule has 4 heteroatoms. The van der Waals surface area contributed by atoms with Crippen molar-refractivity contribution in [3.8, 4) is 0 Å². The van der Waals surface area contributed by atoms with Crippen molar-refractivity contribution in [2.24, 2.45) is 0 Å². The van der Waals surface area contributed by atoms with Crippen molar-refractivity contribution < 1.29 is 9.59 Å². The van der Waals surface area contributed by atoms with Gasteiger partial charge in [-0.1, -0.05) is 0 Å². The van der Waals surface area contributed by atoms with E-state index in [1.165, 1.54) is 0 Å². The molecule has 1 aliphatic heterocycles. The molecule has 0 bridgehead atoms. The van der Waals surface area contributed by atoms with Crippen LogP contribution in [0.15, 0.2) is 6.07 Å². The Hall–Kier alpha value is -1.35. The van der Waals surface area contributed by atoms with Crippen LogP contribution in [-0.4, -0.2) is 17.6 Å². The molecular formula is C13H14ClNO2. The molecule has 3 nitrogen and oxygen atoms in total. The van der Waals surface area contributed by atoms with E-state index in [1.54, 1.807) is 6.07 Å². The Labute approximate surface area is 105 Å². The Morgan fingerprint density at radius 3 is 2.65 bits per heavy atom. The summed E-state index contributed by atoms with van der Waals surface area (Å²) in [7, 11) is 0. The zero-order valence-corrected chi connectivity index (χ0v) is 10.8. The highest BCUT2D eigenvalue weighted by atomic mass is 35.5. The van der Waals surface area contributed by atoms with Gasteiger partial charge in [0.15, 0.2) is 5.78 Å². The first-order chi connectivity index (χ1) is 7.97. The van der Waals surface area contributed by atoms with Gasteiger partial charge in [-0.05, 0) is 43.5 Å². The van der Waals surface area contributed by atoms with Crippen LogP contribution in [0, 0.1) is 13.8 Å². The van der Waals surface area contributed by atoms with Crippen molar-refractivity contribution >= 4 is 29.0 Å². The lowest BCUT2D eigenvalue weighted by atomic mass is 9.92. The molecule has 1 amide bonds. The minimum absolute atomic E-state index is 0.0158. The summed E-state index contributed by atoms with van der Waals surface area (Å²) >= 11 is 5.59. The monoisotopic (exact) mass is 251 g/mol. The molecule has 1 heterocycles. The van der Waals surface area contributed by atoms with E-state index in [2.05, 4.69) is 5.32 Å². The van der Waals surface area contributed by atoms with Crippen molar-refractivity contribution in [2.75, 3.05) is 11.2 Å². The van der Waals surface area contributed by atoms with E-state index in [0.717, 1.165) is 22.4 Å². The minimum atomic E-state index is -0.203. The molecule has 0 aromatic heterocycles. The van der Waals surface area contributed by atoms with Gasteiger partial charge < -0.3 is 5.32 Å². The second-order valence-electron chi connectivity index (χ2n) is 4.41. The highest BCUT2D eigenvalue weighted by Crippen LogP contribution is 2.37. The van der Waals surface area contributed by atoms with Crippen LogP contribution in [0.3, 0.4) is 0 Å². The maximum absolute atomic E-state index is 11.7. The number of benzene rings is 1. The van der Waals surface area contributed by atoms with E-state index in [1.807, 2.05) is 20.8 Å². The summed E-state index contributed by atoms with van der Waals surface area (Å²) in [6, 6.07) is 1.80. The summed E-state index contributed by atoms with van der Waals surface area (Å²) in [6.07, 6.45) is 0. The zero-order chi connectivity index (χ0) is 12.7. The molecule has 1 unspecified atom stereocenters. The van der Waals surface area contributed by atoms with Crippen molar-refractivity contribution in [3.63, 3.8) is 0 Å². The molecule has 90 valence electrons. The number of carbonyl (C=O) groups is 2. The fourth-order valence-corrected chi connectivity index (χ4v) is 2.33. The fourth-order valence-electron chi connectivity index (χ4n) is 2.18. The predicted molar refractivity (Wildman–Crippen MR) is 68.0 cm³/mol. The molecule has 17 heavy (non-hydrogen) atoms. The Morgan fingerprint density at radius 2 is 2.06 bits per heavy atom. The molecular weight excluding hydrogens is 238 g/mol. The van der Waals surface area contributed by atoms with Crippen molar-refractivity contribution in [1.29, 1.82) is 0 Å². The van der Waals surface area contributed by atoms with Gasteiger partial charge in [0, 0.05) is 11.3 Å². The normalized spacial score (nSPS) is 17.9. The lowest BCUT2D eigenvalue weighted by Crippen LogP contribution is -2.08. The van der Waals surface area contributed by atoms with Crippen LogP contribution in [0.25, 0.3) is 0 Å². The highest BCUT2D eigenvalue weighted by Gasteiger charge is 2.30. The lowest BCUT2D eigenvalue weighted by Gasteiger charge is -2.12. The van der Waals surface area contributed by atoms with E-state index < -0.39 is 0 Å². The Balaban J connectivity index is 2.65. The Bertz CT molecular complexity index is 523. The molecule has 1 atom stereocenters. The first-order valence-corrected chi connectivity index (χ1v) is 6.05. The summed E-state index contributed by atoms with van der Waals surface area (Å²) in [5, 5.41) is 2.86. The van der Waals surface area contributed by atoms with Gasteiger partial charge in [-0.25, -0.2) is 0 Å². The van der Waals surface area contributed by atoms with E-state index in [0.29, 0.717) is 5.56 Å². The molecule has 1 aromatic rings. The zero-order valence-electron chi connectivity index (χ0n) is 10.1. The largest absolute Gasteiger partial charge is 0.325 e. The smallest absolute Gasteiger partial charge is 0.231 e. The number of fused-ring (bicyclic) bond motifs is 1. The van der Waals surface area contributed by atoms with Crippen molar-refractivity contribution in [3.05, 3.63) is 28.3 Å². The summed E-state index contributed by atoms with van der Waals surface area (Å²) in [6.45, 7) is 5.63. The number of alkyl halides is 1. The Kier molecular flexibility index (Phi) is 2.96. The fraction of sp³-hybridized carbons (Fsp3) is 0.385. The number of hydrogen-bond donors (Lipinski definition) is 1. The first-order valence-electron chi connectivity index (χ1n) is 5.51. The summed E-state index contributed by atoms with van der Waals surface area (Å²) < 4.78 is 0. The second kappa shape index (κ2) is 4.15. The van der Waals surface area contributed by atoms with E-state index in [4.69, 9.17) is 11.6 Å². The van der Waals surface area contributed by atoms with Crippen LogP contribution in [0.1, 0.15) is 39.9 Å². The van der Waals surface area contributed by atoms with Crippen LogP contribution < -0.4 is 5.32 Å². The van der Waals surface area contributed by atoms with Gasteiger partial charge in [0.1, 0.15) is 0 Å². The maximum Gasteiger partial charge on any atom is 0.231 e. The van der Waals surface area contributed by atoms with Crippen molar-refractivity contribution in [2.45, 2.75) is 26.7 Å². The number of carbonyl (C=O) groups excluding carboxylic acids is 2. The molecule has 0 radical (unpaired) electrons. The molecule has 2 rings (SSSR count). The van der Waals surface area contributed by atoms with Crippen LogP contribution >= 0.6 is 11.6 Å². The second-order valence-corrected chi connectivity index (χ2v) is 4.67. The summed E-state index contributed by atoms with van der Waals surface area (Å²) in [5.74, 6) is -0.347. The third-order valence-electron chi connectivity index (χ3n) is 3.46. The number of nitrogens with one attached hydrogen (secondary N) is 1. The summed E-state index contributed by atoms with van der Waals surface area (Å²) in [5.41, 5.74) is 4.22. The van der Waals surface area contributed by atoms with Crippen LogP contribution in [0.5, 0.6) is 0 Å². The molecule has 1 aromatic carbocycles. The number of anilines is 1. The van der Waals surface area contributed by atoms with E-state index in [9.17, 15) is 9.59 Å². The molecule has 0 saturated carbocycles. The van der Waals surface area contributed by atoms with Gasteiger partial charge in [0.2, 0.25) is 5.91 Å². The topological polar surface area (TPSA) is 46.2 Å². The van der Waals surface area contributed by atoms with E-state index >= 15 is 0 Å². The predicted octanol–water partition coefficient (Wildman–Crippen LogP) is 2.78. The van der Waals surface area contributed by atoms with Gasteiger partial charge in [-0.2, -0.15) is 0 Å². The maximum atomic E-state index is 11.7. The Morgan fingerprint density at radius 1 is 1.41 bits per heavy atom. The van der Waals surface area contributed by atoms with Crippen molar-refractivity contribution in [1.82, 2.24) is 0 Å². The molecule has 1 N–H and O–H groups in total. The average molecular weight is 252 g/mol. The number of rotatable bonds is 2.